The Morgan fingerprint density at radius 3 is 2.08 bits per heavy atom. The summed E-state index contributed by atoms with van der Waals surface area (Å²) in [4.78, 5) is 24.7. The van der Waals surface area contributed by atoms with Crippen molar-refractivity contribution in [2.75, 3.05) is 13.2 Å². The number of rotatable bonds is 16. The zero-order valence-electron chi connectivity index (χ0n) is 23.9. The van der Waals surface area contributed by atoms with Crippen molar-refractivity contribution in [3.05, 3.63) is 83.7 Å². The number of ether oxygens (including phenoxy) is 3. The van der Waals surface area contributed by atoms with Crippen LogP contribution in [0, 0.1) is 11.7 Å². The van der Waals surface area contributed by atoms with E-state index in [1.54, 1.807) is 54.6 Å². The maximum Gasteiger partial charge on any atom is 0.343 e. The Morgan fingerprint density at radius 2 is 1.40 bits per heavy atom. The van der Waals surface area contributed by atoms with Crippen LogP contribution >= 0.6 is 0 Å². The van der Waals surface area contributed by atoms with E-state index in [1.165, 1.54) is 25.3 Å². The highest BCUT2D eigenvalue weighted by Crippen LogP contribution is 2.27. The van der Waals surface area contributed by atoms with Crippen molar-refractivity contribution in [1.29, 1.82) is 0 Å². The first-order chi connectivity index (χ1) is 19.4. The number of hydrogen-bond donors (Lipinski definition) is 0. The molecule has 3 rings (SSSR count). The lowest BCUT2D eigenvalue weighted by Gasteiger charge is -2.10. The van der Waals surface area contributed by atoms with Gasteiger partial charge in [0.25, 0.3) is 0 Å². The van der Waals surface area contributed by atoms with Gasteiger partial charge in [0.2, 0.25) is 0 Å². The molecule has 3 aromatic carbocycles. The van der Waals surface area contributed by atoms with Crippen molar-refractivity contribution in [2.45, 2.75) is 72.1 Å². The fourth-order valence-electron chi connectivity index (χ4n) is 4.18. The Balaban J connectivity index is 1.49. The Bertz CT molecular complexity index is 1200. The monoisotopic (exact) mass is 548 g/mol. The Kier molecular flexibility index (Phi) is 12.7. The van der Waals surface area contributed by atoms with Crippen LogP contribution in [0.1, 0.15) is 92.9 Å². The minimum absolute atomic E-state index is 0.252. The maximum absolute atomic E-state index is 14.7. The fourth-order valence-corrected chi connectivity index (χ4v) is 4.18. The molecular formula is C34H41FO5. The van der Waals surface area contributed by atoms with Gasteiger partial charge in [-0.1, -0.05) is 77.5 Å². The third kappa shape index (κ3) is 9.82. The molecule has 0 N–H and O–H groups in total. The molecule has 0 radical (unpaired) electrons. The summed E-state index contributed by atoms with van der Waals surface area (Å²) in [5.41, 5.74) is 2.22. The zero-order valence-corrected chi connectivity index (χ0v) is 23.9. The molecule has 0 heterocycles. The molecule has 0 saturated heterocycles. The summed E-state index contributed by atoms with van der Waals surface area (Å²) < 4.78 is 31.0. The third-order valence-electron chi connectivity index (χ3n) is 6.96. The van der Waals surface area contributed by atoms with E-state index < -0.39 is 17.8 Å². The Morgan fingerprint density at radius 1 is 0.750 bits per heavy atom. The molecule has 214 valence electrons. The smallest absolute Gasteiger partial charge is 0.343 e. The highest BCUT2D eigenvalue weighted by molar-refractivity contribution is 5.92. The second-order valence-corrected chi connectivity index (χ2v) is 10.2. The van der Waals surface area contributed by atoms with Gasteiger partial charge in [0, 0.05) is 0 Å². The summed E-state index contributed by atoms with van der Waals surface area (Å²) in [7, 11) is 0. The van der Waals surface area contributed by atoms with Gasteiger partial charge < -0.3 is 14.2 Å². The van der Waals surface area contributed by atoms with E-state index in [4.69, 9.17) is 14.2 Å². The van der Waals surface area contributed by atoms with Crippen LogP contribution in [0.4, 0.5) is 4.39 Å². The van der Waals surface area contributed by atoms with Crippen LogP contribution in [0.25, 0.3) is 11.1 Å². The van der Waals surface area contributed by atoms with Crippen LogP contribution < -0.4 is 9.47 Å². The van der Waals surface area contributed by atoms with Gasteiger partial charge in [0.05, 0.1) is 24.3 Å². The Hall–Kier alpha value is -3.67. The van der Waals surface area contributed by atoms with Gasteiger partial charge in [-0.25, -0.2) is 14.0 Å². The molecular weight excluding hydrogens is 507 g/mol. The summed E-state index contributed by atoms with van der Waals surface area (Å²) in [6.45, 7) is 7.46. The molecule has 0 amide bonds. The first-order valence-electron chi connectivity index (χ1n) is 14.4. The van der Waals surface area contributed by atoms with Crippen LogP contribution in [-0.4, -0.2) is 25.2 Å². The summed E-state index contributed by atoms with van der Waals surface area (Å²) in [6, 6.07) is 18.0. The molecule has 0 fully saturated rings. The molecule has 0 aliphatic heterocycles. The predicted octanol–water partition coefficient (Wildman–Crippen LogP) is 9.04. The highest BCUT2D eigenvalue weighted by Gasteiger charge is 2.12. The number of hydrogen-bond acceptors (Lipinski definition) is 5. The molecule has 3 aromatic rings. The standard InChI is InChI=1S/C34H41FO5/c1-4-6-9-23-39-33(36)27-16-19-30(20-17-27)40-34(37)28-14-12-26(13-15-28)29-18-21-32(31(35)24-29)38-22-10-7-8-11-25(3)5-2/h12-21,24-25H,4-11,22-23H2,1-3H3. The van der Waals surface area contributed by atoms with Crippen molar-refractivity contribution in [3.63, 3.8) is 0 Å². The van der Waals surface area contributed by atoms with Crippen molar-refractivity contribution >= 4 is 11.9 Å². The van der Waals surface area contributed by atoms with E-state index in [0.717, 1.165) is 43.6 Å². The molecule has 5 nitrogen and oxygen atoms in total. The SMILES string of the molecule is CCCCCOC(=O)c1ccc(OC(=O)c2ccc(-c3ccc(OCCCCCC(C)CC)c(F)c3)cc2)cc1. The van der Waals surface area contributed by atoms with E-state index in [1.807, 2.05) is 6.07 Å². The van der Waals surface area contributed by atoms with Gasteiger partial charge in [-0.05, 0) is 78.4 Å². The van der Waals surface area contributed by atoms with E-state index >= 15 is 0 Å². The largest absolute Gasteiger partial charge is 0.491 e. The molecule has 6 heteroatoms. The van der Waals surface area contributed by atoms with E-state index in [0.29, 0.717) is 35.7 Å². The number of halogens is 1. The second-order valence-electron chi connectivity index (χ2n) is 10.2. The molecule has 0 bridgehead atoms. The second kappa shape index (κ2) is 16.4. The quantitative estimate of drug-likeness (QED) is 0.101. The van der Waals surface area contributed by atoms with Crippen molar-refractivity contribution in [1.82, 2.24) is 0 Å². The van der Waals surface area contributed by atoms with Gasteiger partial charge in [-0.15, -0.1) is 0 Å². The van der Waals surface area contributed by atoms with Crippen molar-refractivity contribution < 1.29 is 28.2 Å². The molecule has 0 aromatic heterocycles. The lowest BCUT2D eigenvalue weighted by atomic mass is 10.0. The molecule has 0 saturated carbocycles. The van der Waals surface area contributed by atoms with Gasteiger partial charge in [0.1, 0.15) is 5.75 Å². The Labute approximate surface area is 237 Å². The van der Waals surface area contributed by atoms with Gasteiger partial charge >= 0.3 is 11.9 Å². The van der Waals surface area contributed by atoms with Crippen molar-refractivity contribution in [2.24, 2.45) is 5.92 Å². The number of carbonyl (C=O) groups excluding carboxylic acids is 2. The number of carbonyl (C=O) groups is 2. The lowest BCUT2D eigenvalue weighted by Crippen LogP contribution is -2.09. The first kappa shape index (κ1) is 30.9. The minimum atomic E-state index is -0.527. The predicted molar refractivity (Wildman–Crippen MR) is 156 cm³/mol. The average molecular weight is 549 g/mol. The van der Waals surface area contributed by atoms with Crippen LogP contribution in [0.15, 0.2) is 66.7 Å². The molecule has 0 aliphatic rings. The molecule has 0 spiro atoms. The van der Waals surface area contributed by atoms with Crippen LogP contribution in [0.3, 0.4) is 0 Å². The summed E-state index contributed by atoms with van der Waals surface area (Å²) in [5.74, 6) is -0.00420. The van der Waals surface area contributed by atoms with E-state index in [9.17, 15) is 14.0 Å². The van der Waals surface area contributed by atoms with Gasteiger partial charge in [0.15, 0.2) is 11.6 Å². The van der Waals surface area contributed by atoms with Gasteiger partial charge in [-0.3, -0.25) is 0 Å². The zero-order chi connectivity index (χ0) is 28.7. The average Bonchev–Trinajstić information content (AvgIpc) is 2.98. The van der Waals surface area contributed by atoms with Gasteiger partial charge in [-0.2, -0.15) is 0 Å². The topological polar surface area (TPSA) is 61.8 Å². The van der Waals surface area contributed by atoms with Crippen molar-refractivity contribution in [3.8, 4) is 22.6 Å². The number of unbranched alkanes of at least 4 members (excludes halogenated alkanes) is 4. The van der Waals surface area contributed by atoms with E-state index in [-0.39, 0.29) is 5.75 Å². The molecule has 1 unspecified atom stereocenters. The number of esters is 2. The van der Waals surface area contributed by atoms with Crippen LogP contribution in [-0.2, 0) is 4.74 Å². The van der Waals surface area contributed by atoms with Crippen LogP contribution in [0.2, 0.25) is 0 Å². The minimum Gasteiger partial charge on any atom is -0.491 e. The van der Waals surface area contributed by atoms with E-state index in [2.05, 4.69) is 20.8 Å². The highest BCUT2D eigenvalue weighted by atomic mass is 19.1. The third-order valence-corrected chi connectivity index (χ3v) is 6.96. The fraction of sp³-hybridized carbons (Fsp3) is 0.412. The molecule has 40 heavy (non-hydrogen) atoms. The summed E-state index contributed by atoms with van der Waals surface area (Å²) in [6.07, 6.45) is 8.49. The molecule has 0 aliphatic carbocycles. The molecule has 1 atom stereocenters. The lowest BCUT2D eigenvalue weighted by molar-refractivity contribution is 0.0498. The first-order valence-corrected chi connectivity index (χ1v) is 14.4. The normalized spacial score (nSPS) is 11.6. The van der Waals surface area contributed by atoms with Crippen LogP contribution in [0.5, 0.6) is 11.5 Å². The summed E-state index contributed by atoms with van der Waals surface area (Å²) >= 11 is 0. The number of benzene rings is 3. The maximum atomic E-state index is 14.7. The summed E-state index contributed by atoms with van der Waals surface area (Å²) in [5, 5.41) is 0.